The van der Waals surface area contributed by atoms with E-state index in [0.29, 0.717) is 6.54 Å². The van der Waals surface area contributed by atoms with Crippen molar-refractivity contribution in [2.24, 2.45) is 11.8 Å². The maximum atomic E-state index is 12.6. The largest absolute Gasteiger partial charge is 0.352 e. The lowest BCUT2D eigenvalue weighted by molar-refractivity contribution is -0.128. The molecule has 0 radical (unpaired) electrons. The van der Waals surface area contributed by atoms with Gasteiger partial charge in [-0.15, -0.1) is 0 Å². The Morgan fingerprint density at radius 1 is 1.00 bits per heavy atom. The summed E-state index contributed by atoms with van der Waals surface area (Å²) in [6, 6.07) is 9.87. The number of aryl methyl sites for hydroxylation is 2. The summed E-state index contributed by atoms with van der Waals surface area (Å²) in [6.07, 6.45) is 6.49. The van der Waals surface area contributed by atoms with E-state index in [4.69, 9.17) is 0 Å². The fourth-order valence-electron chi connectivity index (χ4n) is 3.75. The Labute approximate surface area is 160 Å². The molecule has 1 aromatic carbocycles. The molecular weight excluding hydrogens is 338 g/mol. The molecule has 0 saturated heterocycles. The Morgan fingerprint density at radius 3 is 2.22 bits per heavy atom. The van der Waals surface area contributed by atoms with E-state index >= 15 is 0 Å². The smallest absolute Gasteiger partial charge is 0.227 e. The summed E-state index contributed by atoms with van der Waals surface area (Å²) in [5, 5.41) is 6.02. The van der Waals surface area contributed by atoms with Gasteiger partial charge in [-0.05, 0) is 74.4 Å². The molecule has 5 heteroatoms. The fourth-order valence-corrected chi connectivity index (χ4v) is 3.75. The van der Waals surface area contributed by atoms with Gasteiger partial charge in [0.25, 0.3) is 0 Å². The summed E-state index contributed by atoms with van der Waals surface area (Å²) < 4.78 is 0. The third-order valence-corrected chi connectivity index (χ3v) is 5.15. The molecule has 1 aliphatic carbocycles. The number of nitrogens with one attached hydrogen (secondary N) is 2. The maximum absolute atomic E-state index is 12.6. The van der Waals surface area contributed by atoms with E-state index in [-0.39, 0.29) is 23.7 Å². The number of nitrogens with zero attached hydrogens (tertiary/aromatic N) is 1. The molecule has 3 rings (SSSR count). The average Bonchev–Trinajstić information content (AvgIpc) is 2.66. The second-order valence-corrected chi connectivity index (χ2v) is 7.49. The molecule has 1 aromatic heterocycles. The number of aromatic nitrogens is 1. The van der Waals surface area contributed by atoms with E-state index < -0.39 is 0 Å². The molecule has 2 amide bonds. The standard InChI is InChI=1S/C22H27N3O2/c1-15-10-16(2)12-20(11-15)25-22(27)19-7-5-18(6-8-19)21(26)24-14-17-4-3-9-23-13-17/h3-4,9-13,18-19H,5-8,14H2,1-2H3,(H,24,26)(H,25,27). The van der Waals surface area contributed by atoms with Gasteiger partial charge in [-0.1, -0.05) is 12.1 Å². The first kappa shape index (κ1) is 19.1. The topological polar surface area (TPSA) is 71.1 Å². The van der Waals surface area contributed by atoms with Crippen LogP contribution < -0.4 is 10.6 Å². The molecule has 0 unspecified atom stereocenters. The van der Waals surface area contributed by atoms with Crippen LogP contribution in [0.1, 0.15) is 42.4 Å². The number of anilines is 1. The lowest BCUT2D eigenvalue weighted by atomic mass is 9.81. The fraction of sp³-hybridized carbons (Fsp3) is 0.409. The van der Waals surface area contributed by atoms with Crippen LogP contribution >= 0.6 is 0 Å². The van der Waals surface area contributed by atoms with Crippen molar-refractivity contribution in [3.8, 4) is 0 Å². The average molecular weight is 365 g/mol. The van der Waals surface area contributed by atoms with Crippen LogP contribution in [-0.4, -0.2) is 16.8 Å². The van der Waals surface area contributed by atoms with Crippen LogP contribution in [0, 0.1) is 25.7 Å². The van der Waals surface area contributed by atoms with Gasteiger partial charge in [0.2, 0.25) is 11.8 Å². The van der Waals surface area contributed by atoms with E-state index in [0.717, 1.165) is 48.1 Å². The predicted molar refractivity (Wildman–Crippen MR) is 106 cm³/mol. The van der Waals surface area contributed by atoms with Crippen molar-refractivity contribution in [3.63, 3.8) is 0 Å². The van der Waals surface area contributed by atoms with Crippen molar-refractivity contribution in [1.82, 2.24) is 10.3 Å². The summed E-state index contributed by atoms with van der Waals surface area (Å²) in [5.74, 6) is 0.112. The molecular formula is C22H27N3O2. The lowest BCUT2D eigenvalue weighted by Gasteiger charge is -2.27. The van der Waals surface area contributed by atoms with Gasteiger partial charge in [-0.3, -0.25) is 14.6 Å². The number of hydrogen-bond donors (Lipinski definition) is 2. The maximum Gasteiger partial charge on any atom is 0.227 e. The van der Waals surface area contributed by atoms with Crippen LogP contribution in [0.4, 0.5) is 5.69 Å². The highest BCUT2D eigenvalue weighted by atomic mass is 16.2. The van der Waals surface area contributed by atoms with E-state index in [9.17, 15) is 9.59 Å². The van der Waals surface area contributed by atoms with Gasteiger partial charge in [0.05, 0.1) is 0 Å². The minimum absolute atomic E-state index is 0.00747. The van der Waals surface area contributed by atoms with Gasteiger partial charge < -0.3 is 10.6 Å². The van der Waals surface area contributed by atoms with E-state index in [2.05, 4.69) is 21.7 Å². The zero-order chi connectivity index (χ0) is 19.2. The van der Waals surface area contributed by atoms with Crippen molar-refractivity contribution in [2.45, 2.75) is 46.1 Å². The van der Waals surface area contributed by atoms with E-state index in [1.54, 1.807) is 12.4 Å². The molecule has 0 spiro atoms. The Bertz CT molecular complexity index is 776. The number of hydrogen-bond acceptors (Lipinski definition) is 3. The number of amides is 2. The Balaban J connectivity index is 1.46. The lowest BCUT2D eigenvalue weighted by Crippen LogP contribution is -2.35. The van der Waals surface area contributed by atoms with Crippen LogP contribution in [-0.2, 0) is 16.1 Å². The number of benzene rings is 1. The molecule has 0 atom stereocenters. The number of pyridine rings is 1. The number of carbonyl (C=O) groups is 2. The van der Waals surface area contributed by atoms with E-state index in [1.807, 2.05) is 38.1 Å². The summed E-state index contributed by atoms with van der Waals surface area (Å²) >= 11 is 0. The molecule has 2 aromatic rings. The molecule has 0 aliphatic heterocycles. The SMILES string of the molecule is Cc1cc(C)cc(NC(=O)C2CCC(C(=O)NCc3cccnc3)CC2)c1. The van der Waals surface area contributed by atoms with Crippen LogP contribution in [0.5, 0.6) is 0 Å². The monoisotopic (exact) mass is 365 g/mol. The van der Waals surface area contributed by atoms with E-state index in [1.165, 1.54) is 0 Å². The molecule has 5 nitrogen and oxygen atoms in total. The van der Waals surface area contributed by atoms with Crippen molar-refractivity contribution in [1.29, 1.82) is 0 Å². The summed E-state index contributed by atoms with van der Waals surface area (Å²) in [7, 11) is 0. The molecule has 1 saturated carbocycles. The highest BCUT2D eigenvalue weighted by Gasteiger charge is 2.29. The Kier molecular flexibility index (Phi) is 6.22. The predicted octanol–water partition coefficient (Wildman–Crippen LogP) is 3.76. The van der Waals surface area contributed by atoms with Gasteiger partial charge in [0.15, 0.2) is 0 Å². The Morgan fingerprint density at radius 2 is 1.63 bits per heavy atom. The Hall–Kier alpha value is -2.69. The zero-order valence-corrected chi connectivity index (χ0v) is 16.0. The molecule has 2 N–H and O–H groups in total. The van der Waals surface area contributed by atoms with Crippen LogP contribution in [0.25, 0.3) is 0 Å². The summed E-state index contributed by atoms with van der Waals surface area (Å²) in [6.45, 7) is 4.55. The van der Waals surface area contributed by atoms with Crippen molar-refractivity contribution < 1.29 is 9.59 Å². The van der Waals surface area contributed by atoms with Crippen molar-refractivity contribution in [2.75, 3.05) is 5.32 Å². The van der Waals surface area contributed by atoms with Gasteiger partial charge >= 0.3 is 0 Å². The summed E-state index contributed by atoms with van der Waals surface area (Å²) in [4.78, 5) is 29.0. The van der Waals surface area contributed by atoms with Crippen molar-refractivity contribution in [3.05, 3.63) is 59.4 Å². The molecule has 0 bridgehead atoms. The second kappa shape index (κ2) is 8.80. The van der Waals surface area contributed by atoms with Crippen LogP contribution in [0.15, 0.2) is 42.7 Å². The second-order valence-electron chi connectivity index (χ2n) is 7.49. The first-order valence-corrected chi connectivity index (χ1v) is 9.57. The zero-order valence-electron chi connectivity index (χ0n) is 16.0. The highest BCUT2D eigenvalue weighted by molar-refractivity contribution is 5.93. The highest BCUT2D eigenvalue weighted by Crippen LogP contribution is 2.30. The third-order valence-electron chi connectivity index (χ3n) is 5.15. The van der Waals surface area contributed by atoms with Crippen LogP contribution in [0.3, 0.4) is 0 Å². The van der Waals surface area contributed by atoms with Crippen molar-refractivity contribution >= 4 is 17.5 Å². The minimum Gasteiger partial charge on any atom is -0.352 e. The molecule has 27 heavy (non-hydrogen) atoms. The molecule has 1 fully saturated rings. The quantitative estimate of drug-likeness (QED) is 0.847. The third kappa shape index (κ3) is 5.39. The van der Waals surface area contributed by atoms with Gasteiger partial charge in [0, 0.05) is 36.5 Å². The van der Waals surface area contributed by atoms with Gasteiger partial charge in [-0.25, -0.2) is 0 Å². The molecule has 1 aliphatic rings. The van der Waals surface area contributed by atoms with Gasteiger partial charge in [0.1, 0.15) is 0 Å². The van der Waals surface area contributed by atoms with Gasteiger partial charge in [-0.2, -0.15) is 0 Å². The normalized spacial score (nSPS) is 19.3. The minimum atomic E-state index is -0.0202. The molecule has 142 valence electrons. The first-order chi connectivity index (χ1) is 13.0. The number of rotatable bonds is 5. The summed E-state index contributed by atoms with van der Waals surface area (Å²) in [5.41, 5.74) is 4.12. The van der Waals surface area contributed by atoms with Crippen LogP contribution in [0.2, 0.25) is 0 Å². The number of carbonyl (C=O) groups excluding carboxylic acids is 2. The molecule has 1 heterocycles. The first-order valence-electron chi connectivity index (χ1n) is 9.57.